The molecule has 2 fully saturated rings. The fourth-order valence-corrected chi connectivity index (χ4v) is 5.47. The van der Waals surface area contributed by atoms with Gasteiger partial charge in [-0.1, -0.05) is 19.1 Å². The van der Waals surface area contributed by atoms with Crippen molar-refractivity contribution in [3.8, 4) is 0 Å². The maximum absolute atomic E-state index is 5.61. The Morgan fingerprint density at radius 1 is 1.18 bits per heavy atom. The number of guanidine groups is 1. The topological polar surface area (TPSA) is 40.1 Å². The Morgan fingerprint density at radius 2 is 1.89 bits per heavy atom. The summed E-state index contributed by atoms with van der Waals surface area (Å²) in [6.45, 7) is 13.5. The SMILES string of the molecule is CCSC1(CNC(=NC)N2CCN(c3cccc(C)c3C)CC2)CCOCC1. The number of thioether (sulfide) groups is 1. The number of rotatable bonds is 5. The van der Waals surface area contributed by atoms with Crippen molar-refractivity contribution in [1.82, 2.24) is 10.2 Å². The van der Waals surface area contributed by atoms with Crippen molar-refractivity contribution in [2.45, 2.75) is 38.4 Å². The minimum Gasteiger partial charge on any atom is -0.381 e. The highest BCUT2D eigenvalue weighted by Crippen LogP contribution is 2.34. The molecule has 2 saturated heterocycles. The summed E-state index contributed by atoms with van der Waals surface area (Å²) in [6, 6.07) is 6.62. The molecule has 2 aliphatic heterocycles. The molecule has 0 saturated carbocycles. The molecule has 5 nitrogen and oxygen atoms in total. The number of anilines is 1. The molecule has 1 aromatic carbocycles. The van der Waals surface area contributed by atoms with E-state index in [9.17, 15) is 0 Å². The zero-order chi connectivity index (χ0) is 20.0. The molecule has 0 radical (unpaired) electrons. The van der Waals surface area contributed by atoms with Crippen LogP contribution < -0.4 is 10.2 Å². The Bertz CT molecular complexity index is 659. The third kappa shape index (κ3) is 4.95. The van der Waals surface area contributed by atoms with Gasteiger partial charge in [-0.25, -0.2) is 0 Å². The van der Waals surface area contributed by atoms with E-state index in [1.165, 1.54) is 16.8 Å². The van der Waals surface area contributed by atoms with Crippen LogP contribution in [0.4, 0.5) is 5.69 Å². The second-order valence-corrected chi connectivity index (χ2v) is 9.55. The van der Waals surface area contributed by atoms with E-state index in [0.717, 1.165) is 70.5 Å². The number of ether oxygens (including phenoxy) is 1. The molecule has 0 aliphatic carbocycles. The van der Waals surface area contributed by atoms with Gasteiger partial charge in [0.05, 0.1) is 0 Å². The van der Waals surface area contributed by atoms with Gasteiger partial charge in [0, 0.05) is 63.4 Å². The van der Waals surface area contributed by atoms with Crippen LogP contribution in [0.2, 0.25) is 0 Å². The van der Waals surface area contributed by atoms with E-state index in [0.29, 0.717) is 0 Å². The molecular formula is C22H36N4OS. The summed E-state index contributed by atoms with van der Waals surface area (Å²) in [5.41, 5.74) is 4.15. The number of piperazine rings is 1. The van der Waals surface area contributed by atoms with E-state index in [2.05, 4.69) is 70.8 Å². The van der Waals surface area contributed by atoms with Gasteiger partial charge >= 0.3 is 0 Å². The Balaban J connectivity index is 1.57. The van der Waals surface area contributed by atoms with E-state index in [1.807, 2.05) is 7.05 Å². The second-order valence-electron chi connectivity index (χ2n) is 7.82. The minimum absolute atomic E-state index is 0.281. The van der Waals surface area contributed by atoms with Crippen LogP contribution in [0, 0.1) is 13.8 Å². The maximum Gasteiger partial charge on any atom is 0.193 e. The van der Waals surface area contributed by atoms with Crippen LogP contribution in [-0.4, -0.2) is 74.3 Å². The lowest BCUT2D eigenvalue weighted by Gasteiger charge is -2.41. The summed E-state index contributed by atoms with van der Waals surface area (Å²) in [4.78, 5) is 9.51. The van der Waals surface area contributed by atoms with Crippen LogP contribution in [-0.2, 0) is 4.74 Å². The van der Waals surface area contributed by atoms with E-state index in [1.54, 1.807) is 0 Å². The van der Waals surface area contributed by atoms with Crippen LogP contribution in [0.1, 0.15) is 30.9 Å². The van der Waals surface area contributed by atoms with Crippen molar-refractivity contribution in [2.75, 3.05) is 63.6 Å². The molecule has 0 amide bonds. The highest BCUT2D eigenvalue weighted by molar-refractivity contribution is 8.00. The molecule has 1 aromatic rings. The molecule has 2 heterocycles. The van der Waals surface area contributed by atoms with Gasteiger partial charge in [0.2, 0.25) is 0 Å². The number of hydrogen-bond donors (Lipinski definition) is 1. The van der Waals surface area contributed by atoms with Gasteiger partial charge in [0.15, 0.2) is 5.96 Å². The molecule has 0 atom stereocenters. The highest BCUT2D eigenvalue weighted by atomic mass is 32.2. The summed E-state index contributed by atoms with van der Waals surface area (Å²) in [7, 11) is 1.91. The van der Waals surface area contributed by atoms with Gasteiger partial charge in [-0.05, 0) is 49.6 Å². The Kier molecular flexibility index (Phi) is 7.52. The Hall–Kier alpha value is -1.40. The molecule has 1 N–H and O–H groups in total. The molecule has 156 valence electrons. The molecule has 3 rings (SSSR count). The van der Waals surface area contributed by atoms with Crippen LogP contribution in [0.3, 0.4) is 0 Å². The summed E-state index contributed by atoms with van der Waals surface area (Å²) in [6.07, 6.45) is 2.24. The molecule has 28 heavy (non-hydrogen) atoms. The van der Waals surface area contributed by atoms with Crippen LogP contribution in [0.5, 0.6) is 0 Å². The predicted molar refractivity (Wildman–Crippen MR) is 122 cm³/mol. The van der Waals surface area contributed by atoms with Crippen molar-refractivity contribution in [1.29, 1.82) is 0 Å². The quantitative estimate of drug-likeness (QED) is 0.602. The fraction of sp³-hybridized carbons (Fsp3) is 0.682. The van der Waals surface area contributed by atoms with Crippen molar-refractivity contribution >= 4 is 23.4 Å². The summed E-state index contributed by atoms with van der Waals surface area (Å²) < 4.78 is 5.89. The normalized spacial score (nSPS) is 20.4. The van der Waals surface area contributed by atoms with Gasteiger partial charge in [0.1, 0.15) is 0 Å². The van der Waals surface area contributed by atoms with Gasteiger partial charge in [0.25, 0.3) is 0 Å². The lowest BCUT2D eigenvalue weighted by molar-refractivity contribution is 0.0780. The van der Waals surface area contributed by atoms with E-state index < -0.39 is 0 Å². The molecule has 6 heteroatoms. The Morgan fingerprint density at radius 3 is 2.54 bits per heavy atom. The minimum atomic E-state index is 0.281. The number of nitrogens with one attached hydrogen (secondary N) is 1. The average molecular weight is 405 g/mol. The van der Waals surface area contributed by atoms with E-state index in [4.69, 9.17) is 4.74 Å². The van der Waals surface area contributed by atoms with E-state index >= 15 is 0 Å². The lowest BCUT2D eigenvalue weighted by atomic mass is 9.99. The van der Waals surface area contributed by atoms with Gasteiger partial charge in [-0.2, -0.15) is 11.8 Å². The predicted octanol–water partition coefficient (Wildman–Crippen LogP) is 3.30. The van der Waals surface area contributed by atoms with Gasteiger partial charge in [-0.3, -0.25) is 4.99 Å². The van der Waals surface area contributed by atoms with Gasteiger partial charge < -0.3 is 19.9 Å². The molecule has 0 spiro atoms. The Labute approximate surface area is 174 Å². The lowest BCUT2D eigenvalue weighted by Crippen LogP contribution is -2.55. The largest absolute Gasteiger partial charge is 0.381 e. The van der Waals surface area contributed by atoms with Crippen molar-refractivity contribution in [3.05, 3.63) is 29.3 Å². The monoisotopic (exact) mass is 404 g/mol. The smallest absolute Gasteiger partial charge is 0.193 e. The standard InChI is InChI=1S/C22H36N4OS/c1-5-28-22(9-15-27-16-10-22)17-24-21(23-4)26-13-11-25(12-14-26)20-8-6-7-18(2)19(20)3/h6-8H,5,9-17H2,1-4H3,(H,23,24). The van der Waals surface area contributed by atoms with Crippen molar-refractivity contribution in [3.63, 3.8) is 0 Å². The zero-order valence-electron chi connectivity index (χ0n) is 18.0. The average Bonchev–Trinajstić information content (AvgIpc) is 2.72. The third-order valence-electron chi connectivity index (χ3n) is 6.13. The van der Waals surface area contributed by atoms with Crippen molar-refractivity contribution < 1.29 is 4.74 Å². The van der Waals surface area contributed by atoms with Crippen LogP contribution in [0.15, 0.2) is 23.2 Å². The maximum atomic E-state index is 5.61. The first-order valence-corrected chi connectivity index (χ1v) is 11.6. The molecule has 2 aliphatic rings. The van der Waals surface area contributed by atoms with E-state index in [-0.39, 0.29) is 4.75 Å². The third-order valence-corrected chi connectivity index (χ3v) is 7.58. The molecule has 0 aromatic heterocycles. The first-order chi connectivity index (χ1) is 13.6. The molecular weight excluding hydrogens is 368 g/mol. The number of benzene rings is 1. The van der Waals surface area contributed by atoms with Gasteiger partial charge in [-0.15, -0.1) is 0 Å². The number of aliphatic imine (C=N–C) groups is 1. The first-order valence-electron chi connectivity index (χ1n) is 10.6. The second kappa shape index (κ2) is 9.88. The number of aryl methyl sites for hydroxylation is 1. The summed E-state index contributed by atoms with van der Waals surface area (Å²) in [5.74, 6) is 2.19. The van der Waals surface area contributed by atoms with Crippen molar-refractivity contribution in [2.24, 2.45) is 4.99 Å². The number of hydrogen-bond acceptors (Lipinski definition) is 4. The molecule has 0 unspecified atom stereocenters. The fourth-order valence-electron chi connectivity index (χ4n) is 4.23. The highest BCUT2D eigenvalue weighted by Gasteiger charge is 2.33. The first kappa shape index (κ1) is 21.3. The zero-order valence-corrected chi connectivity index (χ0v) is 18.8. The van der Waals surface area contributed by atoms with Crippen LogP contribution in [0.25, 0.3) is 0 Å². The van der Waals surface area contributed by atoms with Crippen LogP contribution >= 0.6 is 11.8 Å². The summed E-state index contributed by atoms with van der Waals surface area (Å²) >= 11 is 2.08. The molecule has 0 bridgehead atoms. The summed E-state index contributed by atoms with van der Waals surface area (Å²) in [5, 5.41) is 3.69. The number of nitrogens with zero attached hydrogens (tertiary/aromatic N) is 3.